The van der Waals surface area contributed by atoms with Crippen molar-refractivity contribution in [1.82, 2.24) is 5.43 Å². The maximum absolute atomic E-state index is 12.9. The number of carbonyl (C=O) groups excluding carboxylic acids is 2. The van der Waals surface area contributed by atoms with Crippen molar-refractivity contribution < 1.29 is 23.5 Å². The molecule has 6 nitrogen and oxygen atoms in total. The minimum Gasteiger partial charge on any atom is -0.484 e. The van der Waals surface area contributed by atoms with E-state index < -0.39 is 5.91 Å². The van der Waals surface area contributed by atoms with Crippen molar-refractivity contribution in [2.75, 3.05) is 6.61 Å². The van der Waals surface area contributed by atoms with E-state index in [1.807, 2.05) is 5.43 Å². The van der Waals surface area contributed by atoms with Gasteiger partial charge in [-0.1, -0.05) is 12.1 Å². The molecule has 3 N–H and O–H groups in total. The Morgan fingerprint density at radius 2 is 2.00 bits per heavy atom. The molecule has 0 unspecified atom stereocenters. The van der Waals surface area contributed by atoms with Crippen LogP contribution in [0.25, 0.3) is 6.08 Å². The third-order valence-corrected chi connectivity index (χ3v) is 3.34. The van der Waals surface area contributed by atoms with Crippen molar-refractivity contribution in [3.63, 3.8) is 0 Å². The Morgan fingerprint density at radius 1 is 1.25 bits per heavy atom. The second-order valence-corrected chi connectivity index (χ2v) is 5.01. The third kappa shape index (κ3) is 3.26. The number of rotatable bonds is 4. The van der Waals surface area contributed by atoms with Gasteiger partial charge in [0.15, 0.2) is 12.4 Å². The maximum Gasteiger partial charge on any atom is 0.271 e. The van der Waals surface area contributed by atoms with Crippen LogP contribution in [0.4, 0.5) is 4.39 Å². The Hall–Kier alpha value is -3.19. The number of nitrogens with one attached hydrogen (secondary N) is 1. The molecular weight excluding hydrogens is 315 g/mol. The number of Topliss-reactive ketones (excluding diaryl/α,β-unsaturated/α-hetero) is 1. The van der Waals surface area contributed by atoms with E-state index in [4.69, 9.17) is 15.3 Å². The lowest BCUT2D eigenvalue weighted by molar-refractivity contribution is -0.123. The highest BCUT2D eigenvalue weighted by molar-refractivity contribution is 6.14. The molecule has 0 saturated carbocycles. The van der Waals surface area contributed by atoms with Crippen LogP contribution in [0, 0.1) is 5.82 Å². The highest BCUT2D eigenvalue weighted by atomic mass is 19.1. The van der Waals surface area contributed by atoms with Crippen LogP contribution in [-0.2, 0) is 4.79 Å². The highest BCUT2D eigenvalue weighted by Crippen LogP contribution is 2.34. The first-order valence-electron chi connectivity index (χ1n) is 7.03. The highest BCUT2D eigenvalue weighted by Gasteiger charge is 2.27. The van der Waals surface area contributed by atoms with Crippen LogP contribution >= 0.6 is 0 Å². The monoisotopic (exact) mass is 328 g/mol. The van der Waals surface area contributed by atoms with Crippen molar-refractivity contribution in [1.29, 1.82) is 0 Å². The third-order valence-electron chi connectivity index (χ3n) is 3.34. The number of hydrazine groups is 1. The smallest absolute Gasteiger partial charge is 0.271 e. The first-order valence-corrected chi connectivity index (χ1v) is 7.03. The van der Waals surface area contributed by atoms with Gasteiger partial charge in [-0.15, -0.1) is 0 Å². The summed E-state index contributed by atoms with van der Waals surface area (Å²) < 4.78 is 23.7. The zero-order chi connectivity index (χ0) is 17.1. The summed E-state index contributed by atoms with van der Waals surface area (Å²) in [6, 6.07) is 10.3. The van der Waals surface area contributed by atoms with E-state index in [-0.39, 0.29) is 24.0 Å². The van der Waals surface area contributed by atoms with Gasteiger partial charge in [0.2, 0.25) is 5.78 Å². The van der Waals surface area contributed by atoms with Gasteiger partial charge in [-0.05, 0) is 35.9 Å². The van der Waals surface area contributed by atoms with Gasteiger partial charge in [-0.3, -0.25) is 15.0 Å². The minimum absolute atomic E-state index is 0.133. The van der Waals surface area contributed by atoms with E-state index in [0.29, 0.717) is 22.6 Å². The van der Waals surface area contributed by atoms with Gasteiger partial charge in [0.05, 0.1) is 5.56 Å². The first kappa shape index (κ1) is 15.7. The minimum atomic E-state index is -0.482. The Labute approximate surface area is 136 Å². The average Bonchev–Trinajstić information content (AvgIpc) is 2.90. The molecule has 24 heavy (non-hydrogen) atoms. The zero-order valence-electron chi connectivity index (χ0n) is 12.4. The fraction of sp³-hybridized carbons (Fsp3) is 0.0588. The molecule has 0 aliphatic carbocycles. The molecule has 0 bridgehead atoms. The van der Waals surface area contributed by atoms with Crippen molar-refractivity contribution in [2.45, 2.75) is 0 Å². The molecule has 7 heteroatoms. The Kier molecular flexibility index (Phi) is 4.26. The lowest BCUT2D eigenvalue weighted by atomic mass is 10.1. The van der Waals surface area contributed by atoms with Gasteiger partial charge in [0.25, 0.3) is 5.91 Å². The topological polar surface area (TPSA) is 90.7 Å². The second kappa shape index (κ2) is 6.51. The number of ether oxygens (including phenoxy) is 2. The average molecular weight is 328 g/mol. The van der Waals surface area contributed by atoms with E-state index in [9.17, 15) is 14.0 Å². The number of halogens is 1. The van der Waals surface area contributed by atoms with Crippen LogP contribution in [0.1, 0.15) is 15.9 Å². The van der Waals surface area contributed by atoms with Crippen LogP contribution < -0.4 is 20.7 Å². The molecule has 1 amide bonds. The van der Waals surface area contributed by atoms with Crippen molar-refractivity contribution in [3.8, 4) is 11.5 Å². The summed E-state index contributed by atoms with van der Waals surface area (Å²) >= 11 is 0. The number of amides is 1. The lowest BCUT2D eigenvalue weighted by Gasteiger charge is -2.06. The van der Waals surface area contributed by atoms with E-state index in [1.165, 1.54) is 24.3 Å². The van der Waals surface area contributed by atoms with E-state index in [1.54, 1.807) is 24.3 Å². The fourth-order valence-corrected chi connectivity index (χ4v) is 2.16. The molecule has 0 atom stereocenters. The van der Waals surface area contributed by atoms with E-state index in [0.717, 1.165) is 0 Å². The molecule has 2 aromatic carbocycles. The molecule has 0 fully saturated rings. The predicted molar refractivity (Wildman–Crippen MR) is 83.6 cm³/mol. The summed E-state index contributed by atoms with van der Waals surface area (Å²) in [6.45, 7) is -0.249. The van der Waals surface area contributed by atoms with Gasteiger partial charge in [-0.2, -0.15) is 0 Å². The first-order chi connectivity index (χ1) is 11.6. The molecular formula is C17H13FN2O4. The summed E-state index contributed by atoms with van der Waals surface area (Å²) in [5.74, 6) is 4.68. The number of allylic oxidation sites excluding steroid dienone is 1. The number of fused-ring (bicyclic) bond motifs is 1. The standard InChI is InChI=1S/C17H13FN2O4/c18-11-3-1-10(2-4-11)7-15-17(22)13-6-5-12(8-14(13)24-15)23-9-16(21)20-19/h1-8H,9,19H2,(H,20,21). The molecule has 1 heterocycles. The molecule has 122 valence electrons. The van der Waals surface area contributed by atoms with Crippen LogP contribution in [0.15, 0.2) is 48.2 Å². The van der Waals surface area contributed by atoms with Crippen molar-refractivity contribution in [3.05, 3.63) is 65.2 Å². The predicted octanol–water partition coefficient (Wildman–Crippen LogP) is 1.81. The Bertz CT molecular complexity index is 831. The SMILES string of the molecule is NNC(=O)COc1ccc2c(c1)OC(=Cc1ccc(F)cc1)C2=O. The quantitative estimate of drug-likeness (QED) is 0.387. The van der Waals surface area contributed by atoms with E-state index in [2.05, 4.69) is 0 Å². The maximum atomic E-state index is 12.9. The second-order valence-electron chi connectivity index (χ2n) is 5.01. The number of ketones is 1. The number of hydrogen-bond acceptors (Lipinski definition) is 5. The largest absolute Gasteiger partial charge is 0.484 e. The van der Waals surface area contributed by atoms with Gasteiger partial charge in [0, 0.05) is 6.07 Å². The van der Waals surface area contributed by atoms with Crippen LogP contribution in [0.2, 0.25) is 0 Å². The molecule has 0 saturated heterocycles. The van der Waals surface area contributed by atoms with Crippen LogP contribution in [-0.4, -0.2) is 18.3 Å². The number of benzene rings is 2. The van der Waals surface area contributed by atoms with Crippen LogP contribution in [0.3, 0.4) is 0 Å². The van der Waals surface area contributed by atoms with E-state index >= 15 is 0 Å². The number of carbonyl (C=O) groups is 2. The summed E-state index contributed by atoms with van der Waals surface area (Å²) in [4.78, 5) is 23.4. The van der Waals surface area contributed by atoms with Gasteiger partial charge in [-0.25, -0.2) is 10.2 Å². The van der Waals surface area contributed by atoms with Crippen molar-refractivity contribution >= 4 is 17.8 Å². The molecule has 1 aliphatic heterocycles. The molecule has 0 aromatic heterocycles. The normalized spacial score (nSPS) is 14.2. The molecule has 1 aliphatic rings. The zero-order valence-corrected chi connectivity index (χ0v) is 12.4. The summed E-state index contributed by atoms with van der Waals surface area (Å²) in [6.07, 6.45) is 1.53. The Balaban J connectivity index is 1.79. The lowest BCUT2D eigenvalue weighted by Crippen LogP contribution is -2.34. The molecule has 3 rings (SSSR count). The van der Waals surface area contributed by atoms with Gasteiger partial charge < -0.3 is 9.47 Å². The summed E-state index contributed by atoms with van der Waals surface area (Å²) in [5, 5.41) is 0. The summed E-state index contributed by atoms with van der Waals surface area (Å²) in [7, 11) is 0. The molecule has 0 radical (unpaired) electrons. The van der Waals surface area contributed by atoms with Gasteiger partial charge in [0.1, 0.15) is 17.3 Å². The summed E-state index contributed by atoms with van der Waals surface area (Å²) in [5.41, 5.74) is 2.98. The number of hydrogen-bond donors (Lipinski definition) is 2. The van der Waals surface area contributed by atoms with Crippen LogP contribution in [0.5, 0.6) is 11.5 Å². The molecule has 0 spiro atoms. The van der Waals surface area contributed by atoms with Gasteiger partial charge >= 0.3 is 0 Å². The fourth-order valence-electron chi connectivity index (χ4n) is 2.16. The Morgan fingerprint density at radius 3 is 2.71 bits per heavy atom. The number of nitrogens with two attached hydrogens (primary N) is 1. The molecule has 2 aromatic rings. The van der Waals surface area contributed by atoms with Crippen molar-refractivity contribution in [2.24, 2.45) is 5.84 Å².